The van der Waals surface area contributed by atoms with Crippen molar-refractivity contribution in [2.75, 3.05) is 0 Å². The van der Waals surface area contributed by atoms with Gasteiger partial charge in [0.05, 0.1) is 5.60 Å². The second-order valence-electron chi connectivity index (χ2n) is 5.27. The van der Waals surface area contributed by atoms with E-state index in [1.807, 2.05) is 20.8 Å². The van der Waals surface area contributed by atoms with Gasteiger partial charge in [0, 0.05) is 0 Å². The highest BCUT2D eigenvalue weighted by atomic mass is 16.6. The van der Waals surface area contributed by atoms with Gasteiger partial charge in [-0.15, -0.1) is 0 Å². The number of amides is 1. The first kappa shape index (κ1) is 14.2. The van der Waals surface area contributed by atoms with Crippen LogP contribution in [0.5, 0.6) is 0 Å². The quantitative estimate of drug-likeness (QED) is 0.740. The minimum atomic E-state index is -0.754. The van der Waals surface area contributed by atoms with E-state index >= 15 is 0 Å². The molecule has 4 nitrogen and oxygen atoms in total. The molecule has 0 aliphatic carbocycles. The summed E-state index contributed by atoms with van der Waals surface area (Å²) in [6.45, 7) is 9.16. The lowest BCUT2D eigenvalue weighted by atomic mass is 9.86. The van der Waals surface area contributed by atoms with Crippen molar-refractivity contribution in [1.82, 2.24) is 0 Å². The van der Waals surface area contributed by atoms with Gasteiger partial charge in [0.1, 0.15) is 5.60 Å². The Hall–Kier alpha value is -0.770. The molecule has 0 fully saturated rings. The molecule has 0 bridgehead atoms. The average Bonchev–Trinajstić information content (AvgIpc) is 1.95. The van der Waals surface area contributed by atoms with E-state index in [0.29, 0.717) is 6.42 Å². The number of primary amides is 1. The molecule has 1 atom stereocenters. The summed E-state index contributed by atoms with van der Waals surface area (Å²) >= 11 is 0. The first-order chi connectivity index (χ1) is 6.54. The number of ether oxygens (including phenoxy) is 1. The topological polar surface area (TPSA) is 72.5 Å². The fraction of sp³-hybridized carbons (Fsp3) is 0.909. The molecular formula is C11H23NO3. The van der Waals surface area contributed by atoms with Gasteiger partial charge in [-0.25, -0.2) is 4.79 Å². The van der Waals surface area contributed by atoms with Crippen molar-refractivity contribution in [2.45, 2.75) is 58.7 Å². The highest BCUT2D eigenvalue weighted by molar-refractivity contribution is 5.65. The van der Waals surface area contributed by atoms with Crippen molar-refractivity contribution in [3.05, 3.63) is 0 Å². The molecule has 0 saturated carbocycles. The summed E-state index contributed by atoms with van der Waals surface area (Å²) in [7, 11) is 0. The average molecular weight is 217 g/mol. The Labute approximate surface area is 91.8 Å². The molecule has 0 aromatic heterocycles. The maximum Gasteiger partial charge on any atom is 0.405 e. The third-order valence-corrected chi connectivity index (χ3v) is 2.76. The molecule has 1 unspecified atom stereocenters. The Morgan fingerprint density at radius 2 is 1.87 bits per heavy atom. The maximum absolute atomic E-state index is 10.6. The van der Waals surface area contributed by atoms with Crippen LogP contribution in [0.4, 0.5) is 4.79 Å². The third-order valence-electron chi connectivity index (χ3n) is 2.76. The second kappa shape index (κ2) is 4.84. The molecular weight excluding hydrogens is 194 g/mol. The summed E-state index contributed by atoms with van der Waals surface area (Å²) in [5.41, 5.74) is 3.69. The summed E-state index contributed by atoms with van der Waals surface area (Å²) in [5.74, 6) is 0.147. The fourth-order valence-electron chi connectivity index (χ4n) is 1.24. The van der Waals surface area contributed by atoms with Gasteiger partial charge in [-0.1, -0.05) is 6.92 Å². The van der Waals surface area contributed by atoms with Crippen molar-refractivity contribution in [1.29, 1.82) is 0 Å². The Kier molecular flexibility index (Phi) is 4.59. The lowest BCUT2D eigenvalue weighted by molar-refractivity contribution is -0.00160. The SMILES string of the molecule is CC(CCC(C)(C)OC(N)=O)C(C)(C)O. The lowest BCUT2D eigenvalue weighted by Gasteiger charge is -2.30. The van der Waals surface area contributed by atoms with Gasteiger partial charge < -0.3 is 15.6 Å². The van der Waals surface area contributed by atoms with E-state index in [9.17, 15) is 9.90 Å². The molecule has 4 heteroatoms. The van der Waals surface area contributed by atoms with E-state index in [4.69, 9.17) is 10.5 Å². The summed E-state index contributed by atoms with van der Waals surface area (Å²) < 4.78 is 4.96. The van der Waals surface area contributed by atoms with Gasteiger partial charge in [0.2, 0.25) is 0 Å². The summed E-state index contributed by atoms with van der Waals surface area (Å²) in [6.07, 6.45) is 0.709. The van der Waals surface area contributed by atoms with Crippen LogP contribution in [0.3, 0.4) is 0 Å². The highest BCUT2D eigenvalue weighted by Gasteiger charge is 2.27. The highest BCUT2D eigenvalue weighted by Crippen LogP contribution is 2.26. The van der Waals surface area contributed by atoms with Crippen LogP contribution >= 0.6 is 0 Å². The molecule has 0 aromatic carbocycles. The monoisotopic (exact) mass is 217 g/mol. The normalized spacial score (nSPS) is 14.8. The molecule has 0 aliphatic heterocycles. The van der Waals surface area contributed by atoms with Crippen molar-refractivity contribution in [2.24, 2.45) is 11.7 Å². The van der Waals surface area contributed by atoms with E-state index in [0.717, 1.165) is 6.42 Å². The van der Waals surface area contributed by atoms with Crippen molar-refractivity contribution < 1.29 is 14.6 Å². The van der Waals surface area contributed by atoms with Crippen molar-refractivity contribution in [3.63, 3.8) is 0 Å². The largest absolute Gasteiger partial charge is 0.444 e. The summed E-state index contributed by atoms with van der Waals surface area (Å²) in [4.78, 5) is 10.6. The van der Waals surface area contributed by atoms with Crippen LogP contribution in [0.2, 0.25) is 0 Å². The van der Waals surface area contributed by atoms with Crippen LogP contribution in [0.1, 0.15) is 47.5 Å². The number of hydrogen-bond donors (Lipinski definition) is 2. The summed E-state index contributed by atoms with van der Waals surface area (Å²) in [6, 6.07) is 0. The molecule has 90 valence electrons. The molecule has 0 saturated heterocycles. The van der Waals surface area contributed by atoms with Crippen molar-refractivity contribution >= 4 is 6.09 Å². The first-order valence-corrected chi connectivity index (χ1v) is 5.25. The van der Waals surface area contributed by atoms with E-state index in [1.165, 1.54) is 0 Å². The Morgan fingerprint density at radius 3 is 2.20 bits per heavy atom. The van der Waals surface area contributed by atoms with Gasteiger partial charge >= 0.3 is 6.09 Å². The second-order valence-corrected chi connectivity index (χ2v) is 5.27. The van der Waals surface area contributed by atoms with Gasteiger partial charge in [-0.05, 0) is 46.5 Å². The van der Waals surface area contributed by atoms with Crippen molar-refractivity contribution in [3.8, 4) is 0 Å². The Balaban J connectivity index is 4.09. The molecule has 15 heavy (non-hydrogen) atoms. The summed E-state index contributed by atoms with van der Waals surface area (Å²) in [5, 5.41) is 9.73. The van der Waals surface area contributed by atoms with Crippen LogP contribution < -0.4 is 5.73 Å². The van der Waals surface area contributed by atoms with Gasteiger partial charge in [-0.3, -0.25) is 0 Å². The standard InChI is InChI=1S/C11H23NO3/c1-8(11(4,5)14)6-7-10(2,3)15-9(12)13/h8,14H,6-7H2,1-5H3,(H2,12,13). The zero-order chi connectivity index (χ0) is 12.3. The minimum absolute atomic E-state index is 0.147. The molecule has 1 amide bonds. The number of carbonyl (C=O) groups excluding carboxylic acids is 1. The number of nitrogens with two attached hydrogens (primary N) is 1. The van der Waals surface area contributed by atoms with Crippen LogP contribution in [-0.2, 0) is 4.74 Å². The van der Waals surface area contributed by atoms with E-state index in [1.54, 1.807) is 13.8 Å². The minimum Gasteiger partial charge on any atom is -0.444 e. The molecule has 0 radical (unpaired) electrons. The molecule has 0 rings (SSSR count). The molecule has 0 heterocycles. The number of hydrogen-bond acceptors (Lipinski definition) is 3. The number of rotatable bonds is 5. The van der Waals surface area contributed by atoms with Crippen LogP contribution in [-0.4, -0.2) is 22.4 Å². The van der Waals surface area contributed by atoms with E-state index in [-0.39, 0.29) is 5.92 Å². The fourth-order valence-corrected chi connectivity index (χ4v) is 1.24. The zero-order valence-electron chi connectivity index (χ0n) is 10.3. The first-order valence-electron chi connectivity index (χ1n) is 5.25. The molecule has 0 aliphatic rings. The number of aliphatic hydroxyl groups is 1. The van der Waals surface area contributed by atoms with Gasteiger partial charge in [-0.2, -0.15) is 0 Å². The Morgan fingerprint density at radius 1 is 1.40 bits per heavy atom. The van der Waals surface area contributed by atoms with Gasteiger partial charge in [0.15, 0.2) is 0 Å². The predicted octanol–water partition coefficient (Wildman–Crippen LogP) is 2.05. The molecule has 0 aromatic rings. The maximum atomic E-state index is 10.6. The predicted molar refractivity (Wildman–Crippen MR) is 59.4 cm³/mol. The third kappa shape index (κ3) is 6.33. The lowest BCUT2D eigenvalue weighted by Crippen LogP contribution is -2.34. The molecule has 0 spiro atoms. The smallest absolute Gasteiger partial charge is 0.405 e. The molecule has 3 N–H and O–H groups in total. The van der Waals surface area contributed by atoms with Gasteiger partial charge in [0.25, 0.3) is 0 Å². The Bertz CT molecular complexity index is 218. The van der Waals surface area contributed by atoms with E-state index < -0.39 is 17.3 Å². The van der Waals surface area contributed by atoms with Crippen LogP contribution in [0, 0.1) is 5.92 Å². The van der Waals surface area contributed by atoms with E-state index in [2.05, 4.69) is 0 Å². The zero-order valence-corrected chi connectivity index (χ0v) is 10.3. The van der Waals surface area contributed by atoms with Crippen LogP contribution in [0.25, 0.3) is 0 Å². The number of carbonyl (C=O) groups is 1. The van der Waals surface area contributed by atoms with Crippen LogP contribution in [0.15, 0.2) is 0 Å².